The van der Waals surface area contributed by atoms with E-state index in [0.29, 0.717) is 11.1 Å². The number of rotatable bonds is 3. The average Bonchev–Trinajstić information content (AvgIpc) is 2.15. The lowest BCUT2D eigenvalue weighted by Gasteiger charge is -2.12. The van der Waals surface area contributed by atoms with Crippen LogP contribution in [0.5, 0.6) is 5.75 Å². The second-order valence-corrected chi connectivity index (χ2v) is 3.37. The Labute approximate surface area is 91.0 Å². The third-order valence-electron chi connectivity index (χ3n) is 1.90. The van der Waals surface area contributed by atoms with Crippen LogP contribution in [0.4, 0.5) is 13.2 Å². The van der Waals surface area contributed by atoms with Crippen LogP contribution >= 0.6 is 0 Å². The van der Waals surface area contributed by atoms with Gasteiger partial charge in [-0.1, -0.05) is 18.7 Å². The van der Waals surface area contributed by atoms with Crippen LogP contribution in [0.15, 0.2) is 36.4 Å². The zero-order valence-electron chi connectivity index (χ0n) is 8.58. The lowest BCUT2D eigenvalue weighted by Crippen LogP contribution is -2.17. The highest BCUT2D eigenvalue weighted by molar-refractivity contribution is 5.31. The third kappa shape index (κ3) is 3.58. The maximum absolute atomic E-state index is 11.8. The quantitative estimate of drug-likeness (QED) is 0.811. The normalized spacial score (nSPS) is 13.3. The highest BCUT2D eigenvalue weighted by Gasteiger charge is 2.31. The van der Waals surface area contributed by atoms with Gasteiger partial charge in [0.1, 0.15) is 5.75 Å². The number of halogens is 3. The smallest absolute Gasteiger partial charge is 0.406 e. The van der Waals surface area contributed by atoms with E-state index in [4.69, 9.17) is 0 Å². The minimum Gasteiger partial charge on any atom is -0.406 e. The standard InChI is InChI=1S/C11H11F3O2/c1-7(2)10(15)8-3-5-9(6-4-8)16-11(12,13)14/h3-6,10,15H,1H2,2H3. The minimum absolute atomic E-state index is 0.315. The Morgan fingerprint density at radius 3 is 2.19 bits per heavy atom. The third-order valence-corrected chi connectivity index (χ3v) is 1.90. The Hall–Kier alpha value is -1.49. The Morgan fingerprint density at radius 2 is 1.81 bits per heavy atom. The molecule has 88 valence electrons. The number of ether oxygens (including phenoxy) is 1. The summed E-state index contributed by atoms with van der Waals surface area (Å²) in [5, 5.41) is 9.56. The number of benzene rings is 1. The van der Waals surface area contributed by atoms with Crippen LogP contribution in [0.25, 0.3) is 0 Å². The number of alkyl halides is 3. The molecular weight excluding hydrogens is 221 g/mol. The summed E-state index contributed by atoms with van der Waals surface area (Å²) in [6, 6.07) is 5.02. The van der Waals surface area contributed by atoms with Crippen LogP contribution in [0.2, 0.25) is 0 Å². The van der Waals surface area contributed by atoms with Gasteiger partial charge in [-0.2, -0.15) is 0 Å². The van der Waals surface area contributed by atoms with E-state index in [1.165, 1.54) is 12.1 Å². The molecule has 1 N–H and O–H groups in total. The SMILES string of the molecule is C=C(C)C(O)c1ccc(OC(F)(F)F)cc1. The predicted octanol–water partition coefficient (Wildman–Crippen LogP) is 3.19. The highest BCUT2D eigenvalue weighted by Crippen LogP contribution is 2.26. The molecule has 0 fully saturated rings. The molecule has 0 radical (unpaired) electrons. The topological polar surface area (TPSA) is 29.5 Å². The number of aliphatic hydroxyl groups excluding tert-OH is 1. The van der Waals surface area contributed by atoms with Crippen molar-refractivity contribution in [2.75, 3.05) is 0 Å². The summed E-state index contributed by atoms with van der Waals surface area (Å²) in [6.45, 7) is 5.18. The van der Waals surface area contributed by atoms with Crippen molar-refractivity contribution >= 4 is 0 Å². The molecule has 1 unspecified atom stereocenters. The molecule has 0 aromatic heterocycles. The van der Waals surface area contributed by atoms with Gasteiger partial charge in [-0.3, -0.25) is 0 Å². The summed E-state index contributed by atoms with van der Waals surface area (Å²) < 4.78 is 39.2. The van der Waals surface area contributed by atoms with Crippen molar-refractivity contribution < 1.29 is 23.0 Å². The first kappa shape index (κ1) is 12.6. The molecule has 0 aliphatic rings. The minimum atomic E-state index is -4.70. The lowest BCUT2D eigenvalue weighted by molar-refractivity contribution is -0.274. The predicted molar refractivity (Wildman–Crippen MR) is 52.9 cm³/mol. The molecule has 0 heterocycles. The van der Waals surface area contributed by atoms with Crippen molar-refractivity contribution in [1.29, 1.82) is 0 Å². The van der Waals surface area contributed by atoms with Gasteiger partial charge in [0.15, 0.2) is 0 Å². The van der Waals surface area contributed by atoms with Crippen molar-refractivity contribution in [3.63, 3.8) is 0 Å². The maximum atomic E-state index is 11.8. The Balaban J connectivity index is 2.79. The van der Waals surface area contributed by atoms with E-state index in [0.717, 1.165) is 12.1 Å². The largest absolute Gasteiger partial charge is 0.573 e. The Morgan fingerprint density at radius 1 is 1.31 bits per heavy atom. The summed E-state index contributed by atoms with van der Waals surface area (Å²) in [5.74, 6) is -0.315. The van der Waals surface area contributed by atoms with Gasteiger partial charge >= 0.3 is 6.36 Å². The van der Waals surface area contributed by atoms with Gasteiger partial charge in [-0.15, -0.1) is 13.2 Å². The second kappa shape index (κ2) is 4.57. The molecule has 0 amide bonds. The molecule has 0 aliphatic heterocycles. The van der Waals surface area contributed by atoms with Crippen LogP contribution in [0.3, 0.4) is 0 Å². The zero-order chi connectivity index (χ0) is 12.3. The Kier molecular flexibility index (Phi) is 3.59. The number of hydrogen-bond donors (Lipinski definition) is 1. The first-order chi connectivity index (χ1) is 7.29. The van der Waals surface area contributed by atoms with E-state index >= 15 is 0 Å². The van der Waals surface area contributed by atoms with Gasteiger partial charge in [0.2, 0.25) is 0 Å². The molecule has 0 spiro atoms. The number of hydrogen-bond acceptors (Lipinski definition) is 2. The van der Waals surface area contributed by atoms with E-state index < -0.39 is 12.5 Å². The van der Waals surface area contributed by atoms with Gasteiger partial charge < -0.3 is 9.84 Å². The van der Waals surface area contributed by atoms with Gasteiger partial charge in [-0.05, 0) is 30.2 Å². The number of aliphatic hydroxyl groups is 1. The van der Waals surface area contributed by atoms with E-state index in [1.54, 1.807) is 6.92 Å². The summed E-state index contributed by atoms with van der Waals surface area (Å²) in [4.78, 5) is 0. The molecule has 0 bridgehead atoms. The summed E-state index contributed by atoms with van der Waals surface area (Å²) >= 11 is 0. The molecule has 1 atom stereocenters. The van der Waals surface area contributed by atoms with Gasteiger partial charge in [0, 0.05) is 0 Å². The fraction of sp³-hybridized carbons (Fsp3) is 0.273. The second-order valence-electron chi connectivity index (χ2n) is 3.37. The van der Waals surface area contributed by atoms with Crippen molar-refractivity contribution in [3.8, 4) is 5.75 Å². The van der Waals surface area contributed by atoms with Crippen molar-refractivity contribution in [2.24, 2.45) is 0 Å². The molecule has 5 heteroatoms. The van der Waals surface area contributed by atoms with Gasteiger partial charge in [-0.25, -0.2) is 0 Å². The molecule has 1 rings (SSSR count). The van der Waals surface area contributed by atoms with Crippen LogP contribution in [-0.2, 0) is 0 Å². The first-order valence-electron chi connectivity index (χ1n) is 4.49. The summed E-state index contributed by atoms with van der Waals surface area (Å²) in [7, 11) is 0. The van der Waals surface area contributed by atoms with Crippen molar-refractivity contribution in [2.45, 2.75) is 19.4 Å². The van der Waals surface area contributed by atoms with E-state index in [2.05, 4.69) is 11.3 Å². The van der Waals surface area contributed by atoms with E-state index in [-0.39, 0.29) is 5.75 Å². The fourth-order valence-corrected chi connectivity index (χ4v) is 1.14. The highest BCUT2D eigenvalue weighted by atomic mass is 19.4. The molecule has 2 nitrogen and oxygen atoms in total. The van der Waals surface area contributed by atoms with Crippen LogP contribution in [-0.4, -0.2) is 11.5 Å². The zero-order valence-corrected chi connectivity index (χ0v) is 8.58. The van der Waals surface area contributed by atoms with E-state index in [9.17, 15) is 18.3 Å². The van der Waals surface area contributed by atoms with Crippen LogP contribution in [0.1, 0.15) is 18.6 Å². The maximum Gasteiger partial charge on any atom is 0.573 e. The van der Waals surface area contributed by atoms with Crippen molar-refractivity contribution in [3.05, 3.63) is 42.0 Å². The summed E-state index contributed by atoms with van der Waals surface area (Å²) in [6.07, 6.45) is -5.57. The van der Waals surface area contributed by atoms with Crippen LogP contribution < -0.4 is 4.74 Å². The molecular formula is C11H11F3O2. The lowest BCUT2D eigenvalue weighted by atomic mass is 10.0. The average molecular weight is 232 g/mol. The van der Waals surface area contributed by atoms with Crippen molar-refractivity contribution in [1.82, 2.24) is 0 Å². The molecule has 1 aromatic rings. The molecule has 0 saturated carbocycles. The first-order valence-corrected chi connectivity index (χ1v) is 4.49. The van der Waals surface area contributed by atoms with E-state index in [1.807, 2.05) is 0 Å². The molecule has 0 saturated heterocycles. The molecule has 1 aromatic carbocycles. The monoisotopic (exact) mass is 232 g/mol. The van der Waals surface area contributed by atoms with Gasteiger partial charge in [0.05, 0.1) is 6.10 Å². The summed E-state index contributed by atoms with van der Waals surface area (Å²) in [5.41, 5.74) is 0.992. The van der Waals surface area contributed by atoms with Crippen LogP contribution in [0, 0.1) is 0 Å². The molecule has 0 aliphatic carbocycles. The molecule has 16 heavy (non-hydrogen) atoms. The van der Waals surface area contributed by atoms with Gasteiger partial charge in [0.25, 0.3) is 0 Å². The Bertz CT molecular complexity index is 368. The fourth-order valence-electron chi connectivity index (χ4n) is 1.14.